The zero-order valence-corrected chi connectivity index (χ0v) is 17.4. The number of ether oxygens (including phenoxy) is 2. The Balaban J connectivity index is 1.28. The molecule has 0 aliphatic carbocycles. The first-order chi connectivity index (χ1) is 15.1. The maximum Gasteiger partial charge on any atom is 0.181 e. The first-order valence-corrected chi connectivity index (χ1v) is 10.5. The van der Waals surface area contributed by atoms with E-state index in [4.69, 9.17) is 9.47 Å². The number of aryl methyl sites for hydroxylation is 1. The molecule has 3 aromatic carbocycles. The van der Waals surface area contributed by atoms with E-state index in [9.17, 15) is 4.79 Å². The molecule has 0 atom stereocenters. The van der Waals surface area contributed by atoms with E-state index in [1.807, 2.05) is 67.6 Å². The third kappa shape index (κ3) is 4.35. The lowest BCUT2D eigenvalue weighted by Crippen LogP contribution is -2.14. The number of fused-ring (bicyclic) bond motifs is 1. The van der Waals surface area contributed by atoms with Crippen molar-refractivity contribution >= 4 is 17.2 Å². The van der Waals surface area contributed by atoms with Crippen LogP contribution in [0.4, 0.5) is 0 Å². The fourth-order valence-electron chi connectivity index (χ4n) is 3.95. The van der Waals surface area contributed by atoms with Gasteiger partial charge in [0.25, 0.3) is 0 Å². The normalized spacial score (nSPS) is 14.7. The Morgan fingerprint density at radius 3 is 2.65 bits per heavy atom. The van der Waals surface area contributed by atoms with Crippen LogP contribution in [0.5, 0.6) is 11.5 Å². The SMILES string of the molecule is Cc1cccc(Oc2cccc(C3=CCC(C(=O)Cc4ccc5c(c4)COC5)=N3)c2)c1. The van der Waals surface area contributed by atoms with Crippen molar-refractivity contribution in [1.82, 2.24) is 0 Å². The first kappa shape index (κ1) is 19.5. The van der Waals surface area contributed by atoms with Crippen LogP contribution in [0.2, 0.25) is 0 Å². The highest BCUT2D eigenvalue weighted by molar-refractivity contribution is 6.42. The van der Waals surface area contributed by atoms with Gasteiger partial charge >= 0.3 is 0 Å². The molecule has 0 saturated heterocycles. The van der Waals surface area contributed by atoms with E-state index >= 15 is 0 Å². The minimum Gasteiger partial charge on any atom is -0.457 e. The second-order valence-electron chi connectivity index (χ2n) is 7.99. The molecule has 0 spiro atoms. The van der Waals surface area contributed by atoms with Crippen LogP contribution < -0.4 is 4.74 Å². The Hall–Kier alpha value is -3.50. The van der Waals surface area contributed by atoms with E-state index in [2.05, 4.69) is 17.1 Å². The van der Waals surface area contributed by atoms with Crippen LogP contribution in [0.25, 0.3) is 5.70 Å². The number of carbonyl (C=O) groups excluding carboxylic acids is 1. The molecule has 154 valence electrons. The van der Waals surface area contributed by atoms with E-state index in [1.165, 1.54) is 11.1 Å². The first-order valence-electron chi connectivity index (χ1n) is 10.5. The number of hydrogen-bond acceptors (Lipinski definition) is 4. The molecule has 2 aliphatic rings. The molecular formula is C27H23NO3. The van der Waals surface area contributed by atoms with Crippen LogP contribution in [0.3, 0.4) is 0 Å². The minimum absolute atomic E-state index is 0.0669. The number of Topliss-reactive ketones (excluding diaryl/α,β-unsaturated/α-hetero) is 1. The predicted molar refractivity (Wildman–Crippen MR) is 121 cm³/mol. The lowest BCUT2D eigenvalue weighted by Gasteiger charge is -2.08. The molecule has 4 nitrogen and oxygen atoms in total. The van der Waals surface area contributed by atoms with Gasteiger partial charge in [-0.15, -0.1) is 0 Å². The molecule has 0 aromatic heterocycles. The fourth-order valence-corrected chi connectivity index (χ4v) is 3.95. The molecule has 3 aromatic rings. The van der Waals surface area contributed by atoms with Gasteiger partial charge in [0.15, 0.2) is 5.78 Å². The Labute approximate surface area is 181 Å². The number of benzene rings is 3. The van der Waals surface area contributed by atoms with Gasteiger partial charge in [-0.3, -0.25) is 4.79 Å². The highest BCUT2D eigenvalue weighted by Crippen LogP contribution is 2.29. The van der Waals surface area contributed by atoms with Crippen LogP contribution in [-0.2, 0) is 29.2 Å². The average Bonchev–Trinajstić information content (AvgIpc) is 3.43. The maximum absolute atomic E-state index is 12.8. The van der Waals surface area contributed by atoms with Gasteiger partial charge in [-0.25, -0.2) is 4.99 Å². The van der Waals surface area contributed by atoms with E-state index < -0.39 is 0 Å². The van der Waals surface area contributed by atoms with Crippen molar-refractivity contribution in [3.63, 3.8) is 0 Å². The fraction of sp³-hybridized carbons (Fsp3) is 0.185. The molecule has 31 heavy (non-hydrogen) atoms. The van der Waals surface area contributed by atoms with Gasteiger partial charge in [0.05, 0.1) is 24.6 Å². The summed E-state index contributed by atoms with van der Waals surface area (Å²) in [5, 5.41) is 0. The Bertz CT molecular complexity index is 1220. The summed E-state index contributed by atoms with van der Waals surface area (Å²) in [6.45, 7) is 3.33. The quantitative estimate of drug-likeness (QED) is 0.516. The van der Waals surface area contributed by atoms with Crippen molar-refractivity contribution in [1.29, 1.82) is 0 Å². The van der Waals surface area contributed by atoms with Crippen LogP contribution in [0, 0.1) is 6.92 Å². The van der Waals surface area contributed by atoms with Crippen molar-refractivity contribution in [3.8, 4) is 11.5 Å². The molecule has 2 heterocycles. The van der Waals surface area contributed by atoms with Gasteiger partial charge in [0.2, 0.25) is 0 Å². The molecule has 0 amide bonds. The van der Waals surface area contributed by atoms with Crippen LogP contribution in [0.15, 0.2) is 77.8 Å². The highest BCUT2D eigenvalue weighted by Gasteiger charge is 2.19. The number of nitrogens with zero attached hydrogens (tertiary/aromatic N) is 1. The topological polar surface area (TPSA) is 47.9 Å². The van der Waals surface area contributed by atoms with Crippen LogP contribution in [-0.4, -0.2) is 11.5 Å². The number of rotatable bonds is 6. The molecule has 0 fully saturated rings. The molecule has 0 unspecified atom stereocenters. The van der Waals surface area contributed by atoms with Gasteiger partial charge in [0, 0.05) is 18.4 Å². The van der Waals surface area contributed by atoms with Gasteiger partial charge < -0.3 is 9.47 Å². The minimum atomic E-state index is 0.0669. The van der Waals surface area contributed by atoms with Crippen molar-refractivity contribution in [2.75, 3.05) is 0 Å². The predicted octanol–water partition coefficient (Wildman–Crippen LogP) is 5.81. The summed E-state index contributed by atoms with van der Waals surface area (Å²) in [4.78, 5) is 17.4. The van der Waals surface area contributed by atoms with Crippen molar-refractivity contribution < 1.29 is 14.3 Å². The molecule has 2 aliphatic heterocycles. The summed E-state index contributed by atoms with van der Waals surface area (Å²) in [6, 6.07) is 21.9. The molecule has 4 heteroatoms. The van der Waals surface area contributed by atoms with E-state index in [1.54, 1.807) is 0 Å². The van der Waals surface area contributed by atoms with Crippen molar-refractivity contribution in [3.05, 3.63) is 101 Å². The number of hydrogen-bond donors (Lipinski definition) is 0. The van der Waals surface area contributed by atoms with Crippen LogP contribution in [0.1, 0.15) is 34.2 Å². The molecule has 0 N–H and O–H groups in total. The van der Waals surface area contributed by atoms with Gasteiger partial charge in [-0.2, -0.15) is 0 Å². The molecule has 0 bridgehead atoms. The lowest BCUT2D eigenvalue weighted by molar-refractivity contribution is -0.112. The summed E-state index contributed by atoms with van der Waals surface area (Å²) in [6.07, 6.45) is 2.93. The standard InChI is InChI=1S/C27H23NO3/c1-18-4-2-6-23(12-18)31-24-7-3-5-20(15-24)25-10-11-26(28-25)27(29)14-19-8-9-21-16-30-17-22(21)13-19/h2-10,12-13,15H,11,14,16-17H2,1H3. The number of ketones is 1. The molecule has 5 rings (SSSR count). The third-order valence-electron chi connectivity index (χ3n) is 5.57. The summed E-state index contributed by atoms with van der Waals surface area (Å²) in [5.74, 6) is 1.62. The second kappa shape index (κ2) is 8.32. The number of aliphatic imine (C=N–C) groups is 1. The van der Waals surface area contributed by atoms with Crippen LogP contribution >= 0.6 is 0 Å². The van der Waals surface area contributed by atoms with Gasteiger partial charge in [-0.05, 0) is 53.4 Å². The zero-order chi connectivity index (χ0) is 21.2. The van der Waals surface area contributed by atoms with Crippen molar-refractivity contribution in [2.45, 2.75) is 33.0 Å². The smallest absolute Gasteiger partial charge is 0.181 e. The van der Waals surface area contributed by atoms with E-state index in [0.717, 1.165) is 33.9 Å². The van der Waals surface area contributed by atoms with Gasteiger partial charge in [0.1, 0.15) is 11.5 Å². The monoisotopic (exact) mass is 409 g/mol. The largest absolute Gasteiger partial charge is 0.457 e. The van der Waals surface area contributed by atoms with E-state index in [-0.39, 0.29) is 5.78 Å². The summed E-state index contributed by atoms with van der Waals surface area (Å²) >= 11 is 0. The number of carbonyl (C=O) groups is 1. The number of allylic oxidation sites excluding steroid dienone is 1. The summed E-state index contributed by atoms with van der Waals surface area (Å²) < 4.78 is 11.5. The highest BCUT2D eigenvalue weighted by atomic mass is 16.5. The Kier molecular flexibility index (Phi) is 5.23. The molecule has 0 saturated carbocycles. The second-order valence-corrected chi connectivity index (χ2v) is 7.99. The Morgan fingerprint density at radius 1 is 0.968 bits per heavy atom. The lowest BCUT2D eigenvalue weighted by atomic mass is 10.0. The summed E-state index contributed by atoms with van der Waals surface area (Å²) in [7, 11) is 0. The third-order valence-corrected chi connectivity index (χ3v) is 5.57. The molecule has 0 radical (unpaired) electrons. The van der Waals surface area contributed by atoms with Gasteiger partial charge in [-0.1, -0.05) is 48.5 Å². The molecular weight excluding hydrogens is 386 g/mol. The Morgan fingerprint density at radius 2 is 1.77 bits per heavy atom. The van der Waals surface area contributed by atoms with E-state index in [0.29, 0.717) is 31.8 Å². The maximum atomic E-state index is 12.8. The summed E-state index contributed by atoms with van der Waals surface area (Å²) in [5.41, 5.74) is 6.93. The zero-order valence-electron chi connectivity index (χ0n) is 17.4. The average molecular weight is 409 g/mol. The van der Waals surface area contributed by atoms with Crippen molar-refractivity contribution in [2.24, 2.45) is 4.99 Å².